The molecule has 3 saturated heterocycles. The lowest BCUT2D eigenvalue weighted by Crippen LogP contribution is -2.77. The lowest BCUT2D eigenvalue weighted by Gasteiger charge is -2.66. The number of ketones is 2. The maximum atomic E-state index is 14.2. The Kier molecular flexibility index (Phi) is 3.45. The molecular weight excluding hydrogens is 440 g/mol. The highest BCUT2D eigenvalue weighted by atomic mass is 16.7. The number of furan rings is 1. The number of cyclic esters (lactones) is 1. The van der Waals surface area contributed by atoms with Gasteiger partial charge in [0.1, 0.15) is 23.2 Å². The first-order chi connectivity index (χ1) is 16.0. The number of hydrogen-bond donors (Lipinski definition) is 1. The lowest BCUT2D eigenvalue weighted by molar-refractivity contribution is -0.239. The molecule has 1 aromatic heterocycles. The molecule has 0 amide bonds. The molecule has 1 N–H and O–H groups in total. The Labute approximate surface area is 196 Å². The van der Waals surface area contributed by atoms with Crippen LogP contribution in [0.25, 0.3) is 0 Å². The van der Waals surface area contributed by atoms with Crippen LogP contribution in [0.4, 0.5) is 0 Å². The Hall–Kier alpha value is -2.29. The molecule has 8 heteroatoms. The predicted octanol–water partition coefficient (Wildman–Crippen LogP) is 2.30. The summed E-state index contributed by atoms with van der Waals surface area (Å²) >= 11 is 0. The number of hydrogen-bond acceptors (Lipinski definition) is 8. The summed E-state index contributed by atoms with van der Waals surface area (Å²) in [5, 5.41) is 11.9. The van der Waals surface area contributed by atoms with Crippen molar-refractivity contribution in [3.63, 3.8) is 0 Å². The first kappa shape index (κ1) is 21.0. The quantitative estimate of drug-likeness (QED) is 0.379. The molecule has 180 valence electrons. The molecule has 6 aliphatic rings. The molecule has 0 bridgehead atoms. The monoisotopic (exact) mass is 468 g/mol. The molecule has 4 heterocycles. The molecule has 0 radical (unpaired) electrons. The van der Waals surface area contributed by atoms with Gasteiger partial charge >= 0.3 is 5.97 Å². The second-order valence-electron chi connectivity index (χ2n) is 12.0. The number of allylic oxidation sites excluding steroid dienone is 1. The van der Waals surface area contributed by atoms with E-state index in [0.717, 1.165) is 5.56 Å². The van der Waals surface area contributed by atoms with Crippen LogP contribution in [0.5, 0.6) is 0 Å². The van der Waals surface area contributed by atoms with Crippen LogP contribution in [0, 0.1) is 27.6 Å². The van der Waals surface area contributed by atoms with Crippen molar-refractivity contribution in [1.29, 1.82) is 0 Å². The van der Waals surface area contributed by atoms with Crippen molar-refractivity contribution in [2.75, 3.05) is 6.61 Å². The van der Waals surface area contributed by atoms with Gasteiger partial charge in [0.15, 0.2) is 17.7 Å². The fraction of sp³-hybridized carbons (Fsp3) is 0.654. The number of esters is 1. The van der Waals surface area contributed by atoms with Gasteiger partial charge in [0.25, 0.3) is 0 Å². The molecule has 0 aromatic carbocycles. The smallest absolute Gasteiger partial charge is 0.339 e. The van der Waals surface area contributed by atoms with Crippen LogP contribution in [-0.4, -0.2) is 52.7 Å². The second kappa shape index (κ2) is 5.58. The van der Waals surface area contributed by atoms with Gasteiger partial charge in [-0.3, -0.25) is 9.59 Å². The molecule has 7 rings (SSSR count). The van der Waals surface area contributed by atoms with Gasteiger partial charge in [-0.1, -0.05) is 19.9 Å². The summed E-state index contributed by atoms with van der Waals surface area (Å²) in [5.74, 6) is -1.65. The highest BCUT2D eigenvalue weighted by molar-refractivity contribution is 6.18. The number of Topliss-reactive ketones (excluding diaryl/α,β-unsaturated/α-hetero) is 1. The minimum absolute atomic E-state index is 0.202. The fourth-order valence-electron chi connectivity index (χ4n) is 9.42. The number of carbonyl (C=O) groups is 3. The average molecular weight is 469 g/mol. The van der Waals surface area contributed by atoms with Crippen molar-refractivity contribution in [3.8, 4) is 0 Å². The zero-order chi connectivity index (χ0) is 24.1. The third-order valence-electron chi connectivity index (χ3n) is 10.8. The van der Waals surface area contributed by atoms with Crippen molar-refractivity contribution >= 4 is 17.5 Å². The Balaban J connectivity index is 1.47. The van der Waals surface area contributed by atoms with Crippen LogP contribution in [0.15, 0.2) is 35.2 Å². The molecule has 3 aliphatic carbocycles. The van der Waals surface area contributed by atoms with Crippen molar-refractivity contribution in [1.82, 2.24) is 0 Å². The van der Waals surface area contributed by atoms with Gasteiger partial charge in [-0.15, -0.1) is 0 Å². The number of epoxide rings is 1. The molecule has 5 fully saturated rings. The third-order valence-corrected chi connectivity index (χ3v) is 10.8. The molecule has 3 aliphatic heterocycles. The summed E-state index contributed by atoms with van der Waals surface area (Å²) in [6, 6.07) is 1.77. The minimum Gasteiger partial charge on any atom is -0.472 e. The maximum absolute atomic E-state index is 14.2. The van der Waals surface area contributed by atoms with E-state index in [1.54, 1.807) is 26.2 Å². The van der Waals surface area contributed by atoms with Crippen LogP contribution < -0.4 is 0 Å². The molecule has 1 spiro atoms. The molecule has 8 nitrogen and oxygen atoms in total. The number of aliphatic hydroxyl groups excluding tert-OH is 1. The standard InChI is InChI=1S/C26H28O8/c1-21(2)25-15(27)6-9-24(25,12-32-21)14-5-8-22(3)18(13-7-10-31-11-13)33-20(30)19-26(22,34-19)23(14,4)16(28)17(25)29/h6-7,9-11,14,16,18-19,28H,5,8,12H2,1-4H3/t14-,16+,18-,19+,22-,23-,24-,25-,26+/m0/s1. The molecular formula is C26H28O8. The van der Waals surface area contributed by atoms with E-state index in [1.165, 1.54) is 12.3 Å². The molecule has 0 unspecified atom stereocenters. The fourth-order valence-corrected chi connectivity index (χ4v) is 9.42. The maximum Gasteiger partial charge on any atom is 0.339 e. The summed E-state index contributed by atoms with van der Waals surface area (Å²) < 4.78 is 23.7. The SMILES string of the molecule is CC1(C)OC[C@]23C=CC(=O)[C@]12C(=O)[C@@H](O)[C@]1(C)[C@@H]3CC[C@@]2(C)[C@H](c3ccoc3)OC(=O)[C@H]3O[C@@]312. The highest BCUT2D eigenvalue weighted by Crippen LogP contribution is 2.81. The van der Waals surface area contributed by atoms with E-state index in [4.69, 9.17) is 18.6 Å². The largest absolute Gasteiger partial charge is 0.472 e. The summed E-state index contributed by atoms with van der Waals surface area (Å²) in [4.78, 5) is 40.8. The van der Waals surface area contributed by atoms with Crippen LogP contribution >= 0.6 is 0 Å². The van der Waals surface area contributed by atoms with Gasteiger partial charge in [0.05, 0.1) is 24.7 Å². The second-order valence-corrected chi connectivity index (χ2v) is 12.0. The summed E-state index contributed by atoms with van der Waals surface area (Å²) in [6.07, 6.45) is 4.65. The van der Waals surface area contributed by atoms with Gasteiger partial charge in [-0.2, -0.15) is 0 Å². The Morgan fingerprint density at radius 1 is 1.09 bits per heavy atom. The average Bonchev–Trinajstić information content (AvgIpc) is 3.08. The van der Waals surface area contributed by atoms with Gasteiger partial charge < -0.3 is 23.7 Å². The predicted molar refractivity (Wildman–Crippen MR) is 114 cm³/mol. The Bertz CT molecular complexity index is 1200. The van der Waals surface area contributed by atoms with Crippen molar-refractivity contribution < 1.29 is 38.1 Å². The minimum atomic E-state index is -1.50. The van der Waals surface area contributed by atoms with Crippen LogP contribution in [-0.2, 0) is 28.6 Å². The zero-order valence-corrected chi connectivity index (χ0v) is 19.6. The van der Waals surface area contributed by atoms with Crippen molar-refractivity contribution in [2.24, 2.45) is 27.6 Å². The topological polar surface area (TPSA) is 116 Å². The van der Waals surface area contributed by atoms with Gasteiger partial charge in [-0.05, 0) is 44.7 Å². The number of ether oxygens (including phenoxy) is 3. The first-order valence-electron chi connectivity index (χ1n) is 12.0. The Morgan fingerprint density at radius 2 is 1.85 bits per heavy atom. The van der Waals surface area contributed by atoms with E-state index in [-0.39, 0.29) is 18.3 Å². The van der Waals surface area contributed by atoms with E-state index >= 15 is 0 Å². The highest BCUT2D eigenvalue weighted by Gasteiger charge is 2.92. The summed E-state index contributed by atoms with van der Waals surface area (Å²) in [6.45, 7) is 7.61. The molecule has 1 aromatic rings. The molecule has 34 heavy (non-hydrogen) atoms. The van der Waals surface area contributed by atoms with Gasteiger partial charge in [0.2, 0.25) is 0 Å². The number of carbonyl (C=O) groups excluding carboxylic acids is 3. The molecule has 9 atom stereocenters. The number of rotatable bonds is 1. The van der Waals surface area contributed by atoms with E-state index in [9.17, 15) is 19.5 Å². The first-order valence-corrected chi connectivity index (χ1v) is 12.0. The number of fused-ring (bicyclic) bond motifs is 1. The molecule has 2 saturated carbocycles. The lowest BCUT2D eigenvalue weighted by atomic mass is 9.34. The summed E-state index contributed by atoms with van der Waals surface area (Å²) in [7, 11) is 0. The Morgan fingerprint density at radius 3 is 2.56 bits per heavy atom. The van der Waals surface area contributed by atoms with Crippen molar-refractivity contribution in [3.05, 3.63) is 36.3 Å². The van der Waals surface area contributed by atoms with Crippen LogP contribution in [0.1, 0.15) is 52.2 Å². The van der Waals surface area contributed by atoms with Crippen LogP contribution in [0.3, 0.4) is 0 Å². The van der Waals surface area contributed by atoms with Gasteiger partial charge in [-0.25, -0.2) is 4.79 Å². The van der Waals surface area contributed by atoms with E-state index in [2.05, 4.69) is 0 Å². The third kappa shape index (κ3) is 1.68. The zero-order valence-electron chi connectivity index (χ0n) is 19.6. The normalized spacial score (nSPS) is 54.0. The van der Waals surface area contributed by atoms with E-state index < -0.39 is 62.9 Å². The van der Waals surface area contributed by atoms with Gasteiger partial charge in [0, 0.05) is 21.8 Å². The van der Waals surface area contributed by atoms with E-state index in [0.29, 0.717) is 12.8 Å². The van der Waals surface area contributed by atoms with Crippen molar-refractivity contribution in [2.45, 2.75) is 70.1 Å². The van der Waals surface area contributed by atoms with Crippen LogP contribution in [0.2, 0.25) is 0 Å². The summed E-state index contributed by atoms with van der Waals surface area (Å²) in [5.41, 5.74) is -5.71. The number of aliphatic hydroxyl groups is 1. The van der Waals surface area contributed by atoms with E-state index in [1.807, 2.05) is 19.9 Å².